The minimum atomic E-state index is -0.587. The van der Waals surface area contributed by atoms with E-state index in [4.69, 9.17) is 32.7 Å². The van der Waals surface area contributed by atoms with Gasteiger partial charge in [-0.1, -0.05) is 47.5 Å². The summed E-state index contributed by atoms with van der Waals surface area (Å²) in [5, 5.41) is 6.15. The van der Waals surface area contributed by atoms with Gasteiger partial charge < -0.3 is 20.1 Å². The van der Waals surface area contributed by atoms with Gasteiger partial charge in [0.1, 0.15) is 17.2 Å². The topological polar surface area (TPSA) is 93.7 Å². The second-order valence-electron chi connectivity index (χ2n) is 8.88. The van der Waals surface area contributed by atoms with E-state index in [9.17, 15) is 14.4 Å². The Bertz CT molecular complexity index is 1670. The number of hydrogen-bond donors (Lipinski definition) is 2. The molecular weight excluding hydrogens is 575 g/mol. The first-order chi connectivity index (χ1) is 20.3. The third kappa shape index (κ3) is 7.87. The molecule has 4 aromatic carbocycles. The van der Waals surface area contributed by atoms with E-state index in [2.05, 4.69) is 10.6 Å². The average Bonchev–Trinajstić information content (AvgIpc) is 3.01. The number of benzene rings is 4. The van der Waals surface area contributed by atoms with Crippen LogP contribution in [0.15, 0.2) is 103 Å². The lowest BCUT2D eigenvalue weighted by molar-refractivity contribution is -0.113. The quantitative estimate of drug-likeness (QED) is 0.147. The third-order valence-corrected chi connectivity index (χ3v) is 6.64. The van der Waals surface area contributed by atoms with Crippen LogP contribution in [-0.2, 0) is 4.79 Å². The summed E-state index contributed by atoms with van der Waals surface area (Å²) in [4.78, 5) is 38.9. The number of hydrogen-bond acceptors (Lipinski definition) is 5. The van der Waals surface area contributed by atoms with Crippen LogP contribution in [0.3, 0.4) is 0 Å². The number of rotatable bonds is 10. The Kier molecular flexibility index (Phi) is 10.2. The van der Waals surface area contributed by atoms with Crippen molar-refractivity contribution in [2.75, 3.05) is 19.5 Å². The van der Waals surface area contributed by atoms with E-state index in [0.29, 0.717) is 49.5 Å². The monoisotopic (exact) mass is 600 g/mol. The number of carbonyl (C=O) groups is 3. The third-order valence-electron chi connectivity index (χ3n) is 6.07. The zero-order chi connectivity index (χ0) is 30.1. The molecule has 0 unspecified atom stereocenters. The number of methoxy groups -OCH3 is 2. The number of ketones is 1. The summed E-state index contributed by atoms with van der Waals surface area (Å²) in [5.41, 5.74) is 2.37. The molecule has 4 rings (SSSR count). The molecular formula is C33H26Cl2N2O5. The molecule has 0 aliphatic rings. The summed E-state index contributed by atoms with van der Waals surface area (Å²) in [6.45, 7) is 0. The number of anilines is 1. The molecule has 2 N–H and O–H groups in total. The first kappa shape index (κ1) is 30.1. The van der Waals surface area contributed by atoms with Crippen LogP contribution in [0.4, 0.5) is 5.69 Å². The van der Waals surface area contributed by atoms with Crippen molar-refractivity contribution in [2.45, 2.75) is 0 Å². The van der Waals surface area contributed by atoms with Gasteiger partial charge in [0.25, 0.3) is 11.8 Å². The molecule has 42 heavy (non-hydrogen) atoms. The molecule has 0 heterocycles. The molecule has 7 nitrogen and oxygen atoms in total. The second-order valence-corrected chi connectivity index (χ2v) is 9.72. The highest BCUT2D eigenvalue weighted by Crippen LogP contribution is 2.26. The highest BCUT2D eigenvalue weighted by atomic mass is 35.5. The first-order valence-corrected chi connectivity index (χ1v) is 13.4. The lowest BCUT2D eigenvalue weighted by atomic mass is 10.1. The predicted octanol–water partition coefficient (Wildman–Crippen LogP) is 7.32. The van der Waals surface area contributed by atoms with E-state index < -0.39 is 11.8 Å². The number of nitrogens with one attached hydrogen (secondary N) is 2. The molecule has 0 aliphatic carbocycles. The van der Waals surface area contributed by atoms with Gasteiger partial charge >= 0.3 is 0 Å². The minimum absolute atomic E-state index is 0.0374. The highest BCUT2D eigenvalue weighted by molar-refractivity contribution is 6.35. The van der Waals surface area contributed by atoms with Gasteiger partial charge in [-0.15, -0.1) is 0 Å². The number of allylic oxidation sites excluding steroid dienone is 1. The normalized spacial score (nSPS) is 11.2. The van der Waals surface area contributed by atoms with E-state index in [1.165, 1.54) is 12.2 Å². The Morgan fingerprint density at radius 3 is 2.14 bits per heavy atom. The van der Waals surface area contributed by atoms with E-state index in [-0.39, 0.29) is 11.5 Å². The Balaban J connectivity index is 1.51. The van der Waals surface area contributed by atoms with Gasteiger partial charge in [-0.25, -0.2) is 0 Å². The number of halogens is 2. The zero-order valence-electron chi connectivity index (χ0n) is 22.7. The van der Waals surface area contributed by atoms with Crippen molar-refractivity contribution >= 4 is 58.6 Å². The maximum atomic E-state index is 13.3. The summed E-state index contributed by atoms with van der Waals surface area (Å²) in [5.74, 6) is -0.0839. The summed E-state index contributed by atoms with van der Waals surface area (Å²) in [6.07, 6.45) is 4.56. The lowest BCUT2D eigenvalue weighted by Gasteiger charge is -2.12. The number of ether oxygens (including phenoxy) is 2. The van der Waals surface area contributed by atoms with Crippen molar-refractivity contribution in [3.8, 4) is 11.5 Å². The van der Waals surface area contributed by atoms with Crippen LogP contribution < -0.4 is 20.1 Å². The summed E-state index contributed by atoms with van der Waals surface area (Å²) in [6, 6.07) is 25.0. The van der Waals surface area contributed by atoms with Crippen molar-refractivity contribution in [1.82, 2.24) is 5.32 Å². The van der Waals surface area contributed by atoms with Crippen molar-refractivity contribution in [3.05, 3.63) is 135 Å². The van der Waals surface area contributed by atoms with Gasteiger partial charge in [0.15, 0.2) is 5.78 Å². The van der Waals surface area contributed by atoms with Crippen LogP contribution in [0.5, 0.6) is 11.5 Å². The highest BCUT2D eigenvalue weighted by Gasteiger charge is 2.16. The van der Waals surface area contributed by atoms with Crippen LogP contribution in [0, 0.1) is 0 Å². The molecule has 0 bridgehead atoms. The van der Waals surface area contributed by atoms with Gasteiger partial charge in [-0.05, 0) is 84.5 Å². The first-order valence-electron chi connectivity index (χ1n) is 12.7. The van der Waals surface area contributed by atoms with Gasteiger partial charge in [-0.2, -0.15) is 0 Å². The Morgan fingerprint density at radius 1 is 0.762 bits per heavy atom. The Morgan fingerprint density at radius 2 is 1.48 bits per heavy atom. The molecule has 0 aliphatic heterocycles. The molecule has 0 saturated carbocycles. The lowest BCUT2D eigenvalue weighted by Crippen LogP contribution is -2.30. The number of carbonyl (C=O) groups excluding carboxylic acids is 3. The molecule has 212 valence electrons. The largest absolute Gasteiger partial charge is 0.497 e. The Hall–Kier alpha value is -4.85. The van der Waals surface area contributed by atoms with Crippen molar-refractivity contribution in [3.63, 3.8) is 0 Å². The molecule has 9 heteroatoms. The van der Waals surface area contributed by atoms with E-state index in [0.717, 1.165) is 0 Å². The average molecular weight is 601 g/mol. The van der Waals surface area contributed by atoms with E-state index >= 15 is 0 Å². The Labute approximate surface area is 253 Å². The molecule has 0 atom stereocenters. The van der Waals surface area contributed by atoms with E-state index in [1.807, 2.05) is 0 Å². The summed E-state index contributed by atoms with van der Waals surface area (Å²) >= 11 is 12.3. The standard InChI is InChI=1S/C33H26Cl2N2O5/c1-41-27-16-11-22(31(20-27)42-2)12-17-30(38)21-9-14-26(15-10-21)36-33(40)29(18-24-8-13-25(34)19-28(24)35)37-32(39)23-6-4-3-5-7-23/h3-20H,1-2H3,(H,36,40)(H,37,39)/b17-12+,29-18-. The van der Waals surface area contributed by atoms with Crippen LogP contribution in [-0.4, -0.2) is 31.8 Å². The van der Waals surface area contributed by atoms with Crippen molar-refractivity contribution in [1.29, 1.82) is 0 Å². The number of amides is 2. The van der Waals surface area contributed by atoms with E-state index in [1.54, 1.807) is 111 Å². The molecule has 0 spiro atoms. The zero-order valence-corrected chi connectivity index (χ0v) is 24.2. The maximum Gasteiger partial charge on any atom is 0.272 e. The molecule has 0 aromatic heterocycles. The van der Waals surface area contributed by atoms with Crippen molar-refractivity contribution in [2.24, 2.45) is 0 Å². The van der Waals surface area contributed by atoms with Gasteiger partial charge in [-0.3, -0.25) is 14.4 Å². The van der Waals surface area contributed by atoms with Gasteiger partial charge in [0.05, 0.1) is 14.2 Å². The smallest absolute Gasteiger partial charge is 0.272 e. The fraction of sp³-hybridized carbons (Fsp3) is 0.0606. The second kappa shape index (κ2) is 14.2. The van der Waals surface area contributed by atoms with Gasteiger partial charge in [0, 0.05) is 38.5 Å². The summed E-state index contributed by atoms with van der Waals surface area (Å²) < 4.78 is 10.6. The summed E-state index contributed by atoms with van der Waals surface area (Å²) in [7, 11) is 3.10. The van der Waals surface area contributed by atoms with Crippen LogP contribution in [0.25, 0.3) is 12.2 Å². The molecule has 4 aromatic rings. The van der Waals surface area contributed by atoms with Crippen molar-refractivity contribution < 1.29 is 23.9 Å². The fourth-order valence-corrected chi connectivity index (χ4v) is 4.31. The molecule has 2 amide bonds. The maximum absolute atomic E-state index is 13.3. The fourth-order valence-electron chi connectivity index (χ4n) is 3.85. The van der Waals surface area contributed by atoms with Crippen LogP contribution in [0.2, 0.25) is 10.0 Å². The van der Waals surface area contributed by atoms with Crippen LogP contribution >= 0.6 is 23.2 Å². The van der Waals surface area contributed by atoms with Gasteiger partial charge in [0.2, 0.25) is 0 Å². The van der Waals surface area contributed by atoms with Crippen LogP contribution in [0.1, 0.15) is 31.8 Å². The molecule has 0 radical (unpaired) electrons. The molecule has 0 saturated heterocycles. The predicted molar refractivity (Wildman–Crippen MR) is 166 cm³/mol. The molecule has 0 fully saturated rings. The minimum Gasteiger partial charge on any atom is -0.497 e. The SMILES string of the molecule is COc1ccc(/C=C/C(=O)c2ccc(NC(=O)/C(=C/c3ccc(Cl)cc3Cl)NC(=O)c3ccccc3)cc2)c(OC)c1.